The van der Waals surface area contributed by atoms with Crippen molar-refractivity contribution in [2.24, 2.45) is 0 Å². The zero-order chi connectivity index (χ0) is 21.6. The quantitative estimate of drug-likeness (QED) is 0.431. The van der Waals surface area contributed by atoms with E-state index in [9.17, 15) is 9.59 Å². The summed E-state index contributed by atoms with van der Waals surface area (Å²) in [5.41, 5.74) is 2.11. The Labute approximate surface area is 178 Å². The fourth-order valence-electron chi connectivity index (χ4n) is 4.84. The van der Waals surface area contributed by atoms with Gasteiger partial charge in [-0.25, -0.2) is 0 Å². The van der Waals surface area contributed by atoms with Crippen molar-refractivity contribution in [3.8, 4) is 0 Å². The molecule has 5 nitrogen and oxygen atoms in total. The Hall–Kier alpha value is -2.40. The Morgan fingerprint density at radius 1 is 0.800 bits per heavy atom. The molecule has 30 heavy (non-hydrogen) atoms. The third kappa shape index (κ3) is 4.36. The first-order valence-electron chi connectivity index (χ1n) is 10.9. The second-order valence-electron chi connectivity index (χ2n) is 8.28. The average molecular weight is 413 g/mol. The van der Waals surface area contributed by atoms with Gasteiger partial charge in [-0.3, -0.25) is 9.59 Å². The van der Waals surface area contributed by atoms with Gasteiger partial charge in [0.2, 0.25) is 23.1 Å². The van der Waals surface area contributed by atoms with E-state index < -0.39 is 0 Å². The number of aliphatic hydroxyl groups excluding tert-OH is 1. The SMILES string of the molecule is COC1=C(OC)C(=O)C2=C(CC(CCCCCCCCO)(c3ccccc3)C2)C1=O. The number of benzene rings is 1. The molecule has 0 saturated heterocycles. The minimum atomic E-state index is -0.246. The summed E-state index contributed by atoms with van der Waals surface area (Å²) in [5, 5.41) is 8.91. The normalized spacial score (nSPS) is 18.1. The van der Waals surface area contributed by atoms with Gasteiger partial charge in [-0.15, -0.1) is 0 Å². The van der Waals surface area contributed by atoms with Gasteiger partial charge >= 0.3 is 0 Å². The molecule has 2 aliphatic rings. The van der Waals surface area contributed by atoms with Crippen molar-refractivity contribution in [1.82, 2.24) is 0 Å². The number of unbranched alkanes of at least 4 members (excludes halogenated alkanes) is 5. The van der Waals surface area contributed by atoms with E-state index in [0.29, 0.717) is 24.0 Å². The van der Waals surface area contributed by atoms with Gasteiger partial charge in [-0.1, -0.05) is 62.4 Å². The van der Waals surface area contributed by atoms with Crippen molar-refractivity contribution >= 4 is 11.6 Å². The average Bonchev–Trinajstić information content (AvgIpc) is 3.18. The van der Waals surface area contributed by atoms with Crippen LogP contribution in [0.4, 0.5) is 0 Å². The monoisotopic (exact) mass is 412 g/mol. The standard InChI is InChI=1S/C25H32O5/c1-29-23-21(27)19-16-25(18-12-8-7-9-13-18,14-10-5-3-4-6-11-15-26)17-20(19)22(28)24(23)30-2/h7-9,12-13,26H,3-6,10-11,14-17H2,1-2H3. The molecular formula is C25H32O5. The van der Waals surface area contributed by atoms with Gasteiger partial charge in [-0.05, 0) is 31.2 Å². The van der Waals surface area contributed by atoms with E-state index in [1.54, 1.807) is 0 Å². The molecule has 3 rings (SSSR count). The summed E-state index contributed by atoms with van der Waals surface area (Å²) < 4.78 is 10.5. The van der Waals surface area contributed by atoms with Crippen molar-refractivity contribution in [3.63, 3.8) is 0 Å². The van der Waals surface area contributed by atoms with Crippen LogP contribution in [0.2, 0.25) is 0 Å². The van der Waals surface area contributed by atoms with Crippen LogP contribution in [0, 0.1) is 0 Å². The predicted molar refractivity (Wildman–Crippen MR) is 115 cm³/mol. The lowest BCUT2D eigenvalue weighted by molar-refractivity contribution is -0.121. The molecule has 0 aliphatic heterocycles. The van der Waals surface area contributed by atoms with Gasteiger partial charge in [-0.2, -0.15) is 0 Å². The number of ketones is 2. The van der Waals surface area contributed by atoms with Gasteiger partial charge in [0.25, 0.3) is 0 Å². The fraction of sp³-hybridized carbons (Fsp3) is 0.520. The first-order valence-corrected chi connectivity index (χ1v) is 10.9. The Morgan fingerprint density at radius 3 is 1.80 bits per heavy atom. The molecule has 1 aromatic carbocycles. The van der Waals surface area contributed by atoms with E-state index in [-0.39, 0.29) is 35.1 Å². The first kappa shape index (κ1) is 22.3. The number of hydrogen-bond acceptors (Lipinski definition) is 5. The van der Waals surface area contributed by atoms with Crippen molar-refractivity contribution < 1.29 is 24.2 Å². The summed E-state index contributed by atoms with van der Waals surface area (Å²) in [4.78, 5) is 26.1. The highest BCUT2D eigenvalue weighted by Crippen LogP contribution is 2.50. The zero-order valence-corrected chi connectivity index (χ0v) is 18.0. The maximum atomic E-state index is 13.1. The molecule has 0 spiro atoms. The number of aliphatic hydroxyl groups is 1. The zero-order valence-electron chi connectivity index (χ0n) is 18.0. The van der Waals surface area contributed by atoms with Crippen LogP contribution in [0.5, 0.6) is 0 Å². The van der Waals surface area contributed by atoms with Gasteiger partial charge in [0.05, 0.1) is 14.2 Å². The van der Waals surface area contributed by atoms with Gasteiger partial charge < -0.3 is 14.6 Å². The van der Waals surface area contributed by atoms with Gasteiger partial charge in [0.1, 0.15) is 0 Å². The van der Waals surface area contributed by atoms with Crippen LogP contribution in [0.1, 0.15) is 63.4 Å². The smallest absolute Gasteiger partial charge is 0.228 e. The minimum absolute atomic E-state index is 0.0222. The van der Waals surface area contributed by atoms with Crippen molar-refractivity contribution in [1.29, 1.82) is 0 Å². The molecule has 1 aromatic rings. The number of ether oxygens (including phenoxy) is 2. The van der Waals surface area contributed by atoms with Crippen molar-refractivity contribution in [3.05, 3.63) is 58.6 Å². The largest absolute Gasteiger partial charge is 0.489 e. The molecule has 5 heteroatoms. The summed E-state index contributed by atoms with van der Waals surface area (Å²) in [5.74, 6) is -0.389. The maximum Gasteiger partial charge on any atom is 0.228 e. The third-order valence-electron chi connectivity index (χ3n) is 6.42. The molecule has 0 amide bonds. The lowest BCUT2D eigenvalue weighted by Gasteiger charge is -2.30. The summed E-state index contributed by atoms with van der Waals surface area (Å²) in [6.45, 7) is 0.261. The molecule has 0 bridgehead atoms. The van der Waals surface area contributed by atoms with E-state index in [1.165, 1.54) is 19.8 Å². The third-order valence-corrected chi connectivity index (χ3v) is 6.42. The molecule has 0 atom stereocenters. The molecule has 1 N–H and O–H groups in total. The van der Waals surface area contributed by atoms with Gasteiger partial charge in [0.15, 0.2) is 0 Å². The number of methoxy groups -OCH3 is 2. The molecule has 2 aliphatic carbocycles. The summed E-state index contributed by atoms with van der Waals surface area (Å²) in [6, 6.07) is 10.2. The van der Waals surface area contributed by atoms with E-state index in [0.717, 1.165) is 44.9 Å². The summed E-state index contributed by atoms with van der Waals surface area (Å²) in [7, 11) is 2.81. The first-order chi connectivity index (χ1) is 14.6. The Kier molecular flexibility index (Phi) is 7.48. The van der Waals surface area contributed by atoms with E-state index in [1.807, 2.05) is 18.2 Å². The molecule has 0 radical (unpaired) electrons. The van der Waals surface area contributed by atoms with Crippen LogP contribution in [-0.4, -0.2) is 37.5 Å². The van der Waals surface area contributed by atoms with Gasteiger partial charge in [0, 0.05) is 23.2 Å². The predicted octanol–water partition coefficient (Wildman–Crippen LogP) is 4.39. The molecule has 0 fully saturated rings. The van der Waals surface area contributed by atoms with Crippen LogP contribution >= 0.6 is 0 Å². The van der Waals surface area contributed by atoms with Crippen LogP contribution in [-0.2, 0) is 24.5 Å². The lowest BCUT2D eigenvalue weighted by atomic mass is 9.73. The number of allylic oxidation sites excluding steroid dienone is 2. The van der Waals surface area contributed by atoms with Crippen LogP contribution < -0.4 is 0 Å². The maximum absolute atomic E-state index is 13.1. The van der Waals surface area contributed by atoms with E-state index in [4.69, 9.17) is 14.6 Å². The molecular weight excluding hydrogens is 380 g/mol. The van der Waals surface area contributed by atoms with E-state index >= 15 is 0 Å². The van der Waals surface area contributed by atoms with Crippen LogP contribution in [0.25, 0.3) is 0 Å². The Bertz CT molecular complexity index is 796. The number of Topliss-reactive ketones (excluding diaryl/α,β-unsaturated/α-hetero) is 2. The highest BCUT2D eigenvalue weighted by atomic mass is 16.5. The number of hydrogen-bond donors (Lipinski definition) is 1. The molecule has 162 valence electrons. The van der Waals surface area contributed by atoms with Crippen molar-refractivity contribution in [2.45, 2.75) is 63.2 Å². The number of rotatable bonds is 11. The highest BCUT2D eigenvalue weighted by molar-refractivity contribution is 6.24. The topological polar surface area (TPSA) is 72.8 Å². The molecule has 0 aromatic heterocycles. The lowest BCUT2D eigenvalue weighted by Crippen LogP contribution is -2.24. The van der Waals surface area contributed by atoms with Crippen molar-refractivity contribution in [2.75, 3.05) is 20.8 Å². The summed E-state index contributed by atoms with van der Waals surface area (Å²) >= 11 is 0. The second kappa shape index (κ2) is 10.1. The van der Waals surface area contributed by atoms with E-state index in [2.05, 4.69) is 12.1 Å². The fourth-order valence-corrected chi connectivity index (χ4v) is 4.84. The summed E-state index contributed by atoms with van der Waals surface area (Å²) in [6.07, 6.45) is 8.39. The van der Waals surface area contributed by atoms with Crippen LogP contribution in [0.3, 0.4) is 0 Å². The minimum Gasteiger partial charge on any atom is -0.489 e. The van der Waals surface area contributed by atoms with Crippen LogP contribution in [0.15, 0.2) is 53.0 Å². The molecule has 0 saturated carbocycles. The molecule has 0 unspecified atom stereocenters. The highest BCUT2D eigenvalue weighted by Gasteiger charge is 2.48. The molecule has 0 heterocycles. The number of carbonyl (C=O) groups is 2. The number of carbonyl (C=O) groups excluding carboxylic acids is 2. The Balaban J connectivity index is 1.78. The Morgan fingerprint density at radius 2 is 1.30 bits per heavy atom. The second-order valence-corrected chi connectivity index (χ2v) is 8.28.